The quantitative estimate of drug-likeness (QED) is 0.859. The first-order valence-electron chi connectivity index (χ1n) is 5.84. The fourth-order valence-corrected chi connectivity index (χ4v) is 2.16. The molecule has 1 aromatic carbocycles. The highest BCUT2D eigenvalue weighted by molar-refractivity contribution is 9.10. The van der Waals surface area contributed by atoms with E-state index < -0.39 is 5.92 Å². The van der Waals surface area contributed by atoms with Crippen molar-refractivity contribution < 1.29 is 13.7 Å². The number of hydrogen-bond acceptors (Lipinski definition) is 4. The third kappa shape index (κ3) is 2.89. The van der Waals surface area contributed by atoms with Crippen LogP contribution in [0.5, 0.6) is 0 Å². The highest BCUT2D eigenvalue weighted by Crippen LogP contribution is 2.28. The fraction of sp³-hybridized carbons (Fsp3) is 0.308. The molecule has 0 saturated carbocycles. The first-order chi connectivity index (χ1) is 9.02. The van der Waals surface area contributed by atoms with E-state index in [2.05, 4.69) is 26.1 Å². The molecule has 19 heavy (non-hydrogen) atoms. The third-order valence-corrected chi connectivity index (χ3v) is 3.47. The Morgan fingerprint density at radius 3 is 2.89 bits per heavy atom. The van der Waals surface area contributed by atoms with Crippen molar-refractivity contribution in [2.24, 2.45) is 0 Å². The molecule has 0 saturated heterocycles. The van der Waals surface area contributed by atoms with Gasteiger partial charge in [-0.2, -0.15) is 4.98 Å². The van der Waals surface area contributed by atoms with E-state index in [1.807, 2.05) is 0 Å². The number of halogens is 2. The lowest BCUT2D eigenvalue weighted by Crippen LogP contribution is -2.07. The predicted octanol–water partition coefficient (Wildman–Crippen LogP) is 3.72. The van der Waals surface area contributed by atoms with Gasteiger partial charge in [-0.05, 0) is 41.1 Å². The van der Waals surface area contributed by atoms with Crippen LogP contribution in [-0.4, -0.2) is 15.9 Å². The minimum atomic E-state index is -0.425. The third-order valence-electron chi connectivity index (χ3n) is 2.82. The molecule has 2 aromatic rings. The minimum absolute atomic E-state index is 0.0355. The van der Waals surface area contributed by atoms with E-state index in [9.17, 15) is 9.18 Å². The van der Waals surface area contributed by atoms with Gasteiger partial charge in [0.15, 0.2) is 0 Å². The number of ketones is 1. The molecule has 4 nitrogen and oxygen atoms in total. The molecule has 0 amide bonds. The summed E-state index contributed by atoms with van der Waals surface area (Å²) in [6.07, 6.45) is 0.416. The molecule has 0 aliphatic rings. The van der Waals surface area contributed by atoms with Crippen LogP contribution in [-0.2, 0) is 4.79 Å². The van der Waals surface area contributed by atoms with Crippen LogP contribution in [0.15, 0.2) is 27.2 Å². The Kier molecular flexibility index (Phi) is 4.09. The average Bonchev–Trinajstić information content (AvgIpc) is 2.86. The zero-order valence-corrected chi connectivity index (χ0v) is 12.1. The lowest BCUT2D eigenvalue weighted by molar-refractivity contribution is -0.120. The SMILES string of the molecule is CCC(=O)C(C)c1nc(-c2ccc(F)cc2Br)no1. The number of carbonyl (C=O) groups is 1. The normalized spacial score (nSPS) is 12.4. The van der Waals surface area contributed by atoms with Gasteiger partial charge in [0, 0.05) is 16.5 Å². The zero-order valence-electron chi connectivity index (χ0n) is 10.5. The van der Waals surface area contributed by atoms with Gasteiger partial charge in [0.05, 0.1) is 5.92 Å². The Labute approximate surface area is 118 Å². The molecule has 1 heterocycles. The van der Waals surface area contributed by atoms with Crippen LogP contribution in [0.4, 0.5) is 4.39 Å². The van der Waals surface area contributed by atoms with E-state index in [1.54, 1.807) is 19.9 Å². The summed E-state index contributed by atoms with van der Waals surface area (Å²) in [6, 6.07) is 4.20. The predicted molar refractivity (Wildman–Crippen MR) is 71.1 cm³/mol. The van der Waals surface area contributed by atoms with E-state index in [0.29, 0.717) is 22.3 Å². The average molecular weight is 327 g/mol. The molecule has 0 spiro atoms. The molecule has 2 rings (SSSR count). The van der Waals surface area contributed by atoms with Crippen molar-refractivity contribution in [3.8, 4) is 11.4 Å². The molecule has 0 N–H and O–H groups in total. The molecule has 0 radical (unpaired) electrons. The maximum atomic E-state index is 13.0. The van der Waals surface area contributed by atoms with Gasteiger partial charge < -0.3 is 4.52 Å². The van der Waals surface area contributed by atoms with Gasteiger partial charge in [-0.1, -0.05) is 12.1 Å². The second kappa shape index (κ2) is 5.61. The van der Waals surface area contributed by atoms with Gasteiger partial charge in [-0.25, -0.2) is 4.39 Å². The topological polar surface area (TPSA) is 56.0 Å². The molecule has 0 bridgehead atoms. The van der Waals surface area contributed by atoms with Crippen molar-refractivity contribution in [1.82, 2.24) is 10.1 Å². The Bertz CT molecular complexity index is 612. The Morgan fingerprint density at radius 1 is 1.53 bits per heavy atom. The molecule has 0 aliphatic carbocycles. The molecule has 1 unspecified atom stereocenters. The van der Waals surface area contributed by atoms with Crippen molar-refractivity contribution in [3.63, 3.8) is 0 Å². The monoisotopic (exact) mass is 326 g/mol. The lowest BCUT2D eigenvalue weighted by atomic mass is 10.1. The summed E-state index contributed by atoms with van der Waals surface area (Å²) >= 11 is 3.24. The van der Waals surface area contributed by atoms with Gasteiger partial charge in [0.2, 0.25) is 11.7 Å². The number of nitrogens with zero attached hydrogens (tertiary/aromatic N) is 2. The highest BCUT2D eigenvalue weighted by Gasteiger charge is 2.21. The van der Waals surface area contributed by atoms with Crippen molar-refractivity contribution >= 4 is 21.7 Å². The van der Waals surface area contributed by atoms with Crippen molar-refractivity contribution in [2.75, 3.05) is 0 Å². The maximum Gasteiger partial charge on any atom is 0.237 e. The highest BCUT2D eigenvalue weighted by atomic mass is 79.9. The lowest BCUT2D eigenvalue weighted by Gasteiger charge is -2.01. The largest absolute Gasteiger partial charge is 0.338 e. The van der Waals surface area contributed by atoms with Crippen LogP contribution in [0.25, 0.3) is 11.4 Å². The van der Waals surface area contributed by atoms with Crippen LogP contribution in [0.1, 0.15) is 32.1 Å². The molecule has 1 atom stereocenters. The minimum Gasteiger partial charge on any atom is -0.338 e. The van der Waals surface area contributed by atoms with Gasteiger partial charge >= 0.3 is 0 Å². The summed E-state index contributed by atoms with van der Waals surface area (Å²) in [5, 5.41) is 3.82. The molecule has 6 heteroatoms. The van der Waals surface area contributed by atoms with E-state index in [0.717, 1.165) is 0 Å². The van der Waals surface area contributed by atoms with Crippen LogP contribution in [0.2, 0.25) is 0 Å². The first-order valence-corrected chi connectivity index (χ1v) is 6.64. The van der Waals surface area contributed by atoms with Crippen LogP contribution in [0.3, 0.4) is 0 Å². The van der Waals surface area contributed by atoms with Crippen LogP contribution in [0, 0.1) is 5.82 Å². The number of hydrogen-bond donors (Lipinski definition) is 0. The Balaban J connectivity index is 2.33. The second-order valence-electron chi connectivity index (χ2n) is 4.12. The van der Waals surface area contributed by atoms with Gasteiger partial charge in [-0.3, -0.25) is 4.79 Å². The van der Waals surface area contributed by atoms with Gasteiger partial charge in [-0.15, -0.1) is 0 Å². The summed E-state index contributed by atoms with van der Waals surface area (Å²) < 4.78 is 18.6. The summed E-state index contributed by atoms with van der Waals surface area (Å²) in [5.74, 6) is -0.136. The molecule has 0 aliphatic heterocycles. The Morgan fingerprint density at radius 2 is 2.26 bits per heavy atom. The molecular weight excluding hydrogens is 315 g/mol. The maximum absolute atomic E-state index is 13.0. The smallest absolute Gasteiger partial charge is 0.237 e. The number of rotatable bonds is 4. The van der Waals surface area contributed by atoms with E-state index in [-0.39, 0.29) is 17.5 Å². The number of Topliss-reactive ketones (excluding diaryl/α,β-unsaturated/α-hetero) is 1. The number of benzene rings is 1. The molecular formula is C13H12BrFN2O2. The van der Waals surface area contributed by atoms with Crippen LogP contribution >= 0.6 is 15.9 Å². The zero-order chi connectivity index (χ0) is 14.0. The van der Waals surface area contributed by atoms with E-state index in [4.69, 9.17) is 4.52 Å². The van der Waals surface area contributed by atoms with Gasteiger partial charge in [0.25, 0.3) is 0 Å². The second-order valence-corrected chi connectivity index (χ2v) is 4.98. The van der Waals surface area contributed by atoms with Gasteiger partial charge in [0.1, 0.15) is 11.6 Å². The van der Waals surface area contributed by atoms with Crippen molar-refractivity contribution in [1.29, 1.82) is 0 Å². The van der Waals surface area contributed by atoms with E-state index >= 15 is 0 Å². The van der Waals surface area contributed by atoms with Crippen molar-refractivity contribution in [2.45, 2.75) is 26.2 Å². The number of aromatic nitrogens is 2. The molecule has 100 valence electrons. The number of carbonyl (C=O) groups excluding carboxylic acids is 1. The molecule has 1 aromatic heterocycles. The standard InChI is InChI=1S/C13H12BrFN2O2/c1-3-11(18)7(2)13-16-12(17-19-13)9-5-4-8(15)6-10(9)14/h4-7H,3H2,1-2H3. The van der Waals surface area contributed by atoms with E-state index in [1.165, 1.54) is 12.1 Å². The summed E-state index contributed by atoms with van der Waals surface area (Å²) in [5.41, 5.74) is 0.618. The van der Waals surface area contributed by atoms with Crippen LogP contribution < -0.4 is 0 Å². The Hall–Kier alpha value is -1.56. The molecule has 0 fully saturated rings. The first kappa shape index (κ1) is 13.9. The fourth-order valence-electron chi connectivity index (χ4n) is 1.64. The summed E-state index contributed by atoms with van der Waals surface area (Å²) in [6.45, 7) is 3.51. The van der Waals surface area contributed by atoms with Crippen molar-refractivity contribution in [3.05, 3.63) is 34.4 Å². The summed E-state index contributed by atoms with van der Waals surface area (Å²) in [7, 11) is 0. The summed E-state index contributed by atoms with van der Waals surface area (Å²) in [4.78, 5) is 15.8.